The summed E-state index contributed by atoms with van der Waals surface area (Å²) in [5.74, 6) is -0.837. The molecule has 180 valence electrons. The molecule has 0 saturated carbocycles. The summed E-state index contributed by atoms with van der Waals surface area (Å²) in [7, 11) is 1.51. The normalized spacial score (nSPS) is 17.0. The molecule has 35 heavy (non-hydrogen) atoms. The highest BCUT2D eigenvalue weighted by Crippen LogP contribution is 2.41. The van der Waals surface area contributed by atoms with Crippen molar-refractivity contribution in [1.82, 2.24) is 24.6 Å². The smallest absolute Gasteiger partial charge is 0.290 e. The van der Waals surface area contributed by atoms with E-state index in [9.17, 15) is 14.4 Å². The van der Waals surface area contributed by atoms with Crippen LogP contribution < -0.4 is 10.1 Å². The van der Waals surface area contributed by atoms with E-state index in [0.29, 0.717) is 54.6 Å². The lowest BCUT2D eigenvalue weighted by atomic mass is 9.95. The molecule has 2 aromatic heterocycles. The monoisotopic (exact) mass is 474 g/mol. The Balaban J connectivity index is 1.32. The molecule has 10 nitrogen and oxygen atoms in total. The lowest BCUT2D eigenvalue weighted by molar-refractivity contribution is -0.146. The van der Waals surface area contributed by atoms with E-state index in [1.54, 1.807) is 34.1 Å². The summed E-state index contributed by atoms with van der Waals surface area (Å²) in [6.07, 6.45) is 3.35. The Morgan fingerprint density at radius 3 is 2.40 bits per heavy atom. The van der Waals surface area contributed by atoms with Crippen LogP contribution in [0.25, 0.3) is 5.82 Å². The third-order valence-corrected chi connectivity index (χ3v) is 6.46. The molecule has 1 atom stereocenters. The Kier molecular flexibility index (Phi) is 5.94. The Morgan fingerprint density at radius 2 is 1.74 bits per heavy atom. The number of pyridine rings is 1. The number of amides is 2. The van der Waals surface area contributed by atoms with Gasteiger partial charge >= 0.3 is 0 Å². The SMILES string of the molecule is COc1cnc(-n2ccc(C)n2)c2c1C(C(=O)C(=O)N1CCN(C(=O)c3ccccc3)CC1)CN2. The lowest BCUT2D eigenvalue weighted by Crippen LogP contribution is -2.52. The Morgan fingerprint density at radius 1 is 1.03 bits per heavy atom. The number of anilines is 1. The van der Waals surface area contributed by atoms with Gasteiger partial charge in [0.05, 0.1) is 30.6 Å². The van der Waals surface area contributed by atoms with Gasteiger partial charge in [0.1, 0.15) is 5.75 Å². The lowest BCUT2D eigenvalue weighted by Gasteiger charge is -2.34. The van der Waals surface area contributed by atoms with Crippen molar-refractivity contribution in [3.8, 4) is 11.6 Å². The molecule has 5 rings (SSSR count). The van der Waals surface area contributed by atoms with Gasteiger partial charge in [-0.25, -0.2) is 9.67 Å². The van der Waals surface area contributed by atoms with Crippen LogP contribution in [0.1, 0.15) is 27.5 Å². The second-order valence-corrected chi connectivity index (χ2v) is 8.59. The number of piperazine rings is 1. The predicted molar refractivity (Wildman–Crippen MR) is 128 cm³/mol. The first-order valence-corrected chi connectivity index (χ1v) is 11.5. The van der Waals surface area contributed by atoms with Crippen molar-refractivity contribution in [2.24, 2.45) is 0 Å². The summed E-state index contributed by atoms with van der Waals surface area (Å²) in [4.78, 5) is 46.9. The van der Waals surface area contributed by atoms with Crippen molar-refractivity contribution in [2.75, 3.05) is 45.2 Å². The topological polar surface area (TPSA) is 110 Å². The molecule has 10 heteroatoms. The second kappa shape index (κ2) is 9.21. The third-order valence-electron chi connectivity index (χ3n) is 6.46. The van der Waals surface area contributed by atoms with Gasteiger partial charge in [0, 0.05) is 50.0 Å². The van der Waals surface area contributed by atoms with E-state index < -0.39 is 17.6 Å². The van der Waals surface area contributed by atoms with Gasteiger partial charge in [-0.15, -0.1) is 0 Å². The highest BCUT2D eigenvalue weighted by Gasteiger charge is 2.40. The molecule has 0 spiro atoms. The van der Waals surface area contributed by atoms with Gasteiger partial charge in [0.2, 0.25) is 5.78 Å². The highest BCUT2D eigenvalue weighted by molar-refractivity contribution is 6.38. The van der Waals surface area contributed by atoms with Crippen molar-refractivity contribution >= 4 is 23.3 Å². The number of ether oxygens (including phenoxy) is 1. The summed E-state index contributed by atoms with van der Waals surface area (Å²) in [6.45, 7) is 3.51. The van der Waals surface area contributed by atoms with Gasteiger partial charge in [0.25, 0.3) is 11.8 Å². The highest BCUT2D eigenvalue weighted by atomic mass is 16.5. The first-order chi connectivity index (χ1) is 17.0. The minimum Gasteiger partial charge on any atom is -0.495 e. The average Bonchev–Trinajstić information content (AvgIpc) is 3.54. The molecule has 1 fully saturated rings. The number of fused-ring (bicyclic) bond motifs is 1. The molecule has 1 unspecified atom stereocenters. The largest absolute Gasteiger partial charge is 0.495 e. The molecule has 1 saturated heterocycles. The van der Waals surface area contributed by atoms with E-state index >= 15 is 0 Å². The number of carbonyl (C=O) groups is 3. The number of carbonyl (C=O) groups excluding carboxylic acids is 3. The zero-order valence-electron chi connectivity index (χ0n) is 19.6. The Bertz CT molecular complexity index is 1280. The summed E-state index contributed by atoms with van der Waals surface area (Å²) in [5, 5.41) is 7.65. The summed E-state index contributed by atoms with van der Waals surface area (Å²) in [6, 6.07) is 10.9. The van der Waals surface area contributed by atoms with Crippen molar-refractivity contribution in [3.05, 3.63) is 65.6 Å². The number of methoxy groups -OCH3 is 1. The van der Waals surface area contributed by atoms with Crippen LogP contribution in [0.2, 0.25) is 0 Å². The van der Waals surface area contributed by atoms with Crippen LogP contribution in [-0.4, -0.2) is 82.0 Å². The zero-order chi connectivity index (χ0) is 24.5. The summed E-state index contributed by atoms with van der Waals surface area (Å²) >= 11 is 0. The van der Waals surface area contributed by atoms with Crippen LogP contribution in [0.15, 0.2) is 48.8 Å². The number of nitrogens with zero attached hydrogens (tertiary/aromatic N) is 5. The summed E-state index contributed by atoms with van der Waals surface area (Å²) in [5.41, 5.74) is 2.70. The molecule has 4 heterocycles. The zero-order valence-corrected chi connectivity index (χ0v) is 19.6. The number of hydrogen-bond donors (Lipinski definition) is 1. The number of nitrogens with one attached hydrogen (secondary N) is 1. The van der Waals surface area contributed by atoms with E-state index in [2.05, 4.69) is 15.4 Å². The maximum atomic E-state index is 13.4. The maximum Gasteiger partial charge on any atom is 0.290 e. The Labute approximate surface area is 202 Å². The standard InChI is InChI=1S/C25H26N6O4/c1-16-8-9-31(28-16)23-21-20(19(35-2)15-27-23)18(14-26-21)22(32)25(34)30-12-10-29(11-13-30)24(33)17-6-4-3-5-7-17/h3-9,15,18,26H,10-14H2,1-2H3. The third kappa shape index (κ3) is 4.11. The second-order valence-electron chi connectivity index (χ2n) is 8.59. The van der Waals surface area contributed by atoms with Crippen LogP contribution in [0.5, 0.6) is 5.75 Å². The number of Topliss-reactive ketones (excluding diaryl/α,β-unsaturated/α-hetero) is 1. The van der Waals surface area contributed by atoms with E-state index in [1.807, 2.05) is 31.2 Å². The van der Waals surface area contributed by atoms with Crippen LogP contribution in [0.3, 0.4) is 0 Å². The number of rotatable bonds is 5. The molecule has 0 radical (unpaired) electrons. The number of ketones is 1. The number of aromatic nitrogens is 3. The quantitative estimate of drug-likeness (QED) is 0.560. The molecule has 0 bridgehead atoms. The molecular weight excluding hydrogens is 448 g/mol. The molecule has 2 aliphatic rings. The minimum absolute atomic E-state index is 0.0726. The van der Waals surface area contributed by atoms with Crippen molar-refractivity contribution in [1.29, 1.82) is 0 Å². The first kappa shape index (κ1) is 22.6. The van der Waals surface area contributed by atoms with E-state index in [1.165, 1.54) is 12.0 Å². The number of hydrogen-bond acceptors (Lipinski definition) is 7. The van der Waals surface area contributed by atoms with Gasteiger partial charge in [-0.05, 0) is 25.1 Å². The number of aryl methyl sites for hydroxylation is 1. The summed E-state index contributed by atoms with van der Waals surface area (Å²) < 4.78 is 7.12. The van der Waals surface area contributed by atoms with Crippen LogP contribution in [0.4, 0.5) is 5.69 Å². The fraction of sp³-hybridized carbons (Fsp3) is 0.320. The van der Waals surface area contributed by atoms with E-state index in [4.69, 9.17) is 4.74 Å². The molecule has 1 aromatic carbocycles. The molecule has 3 aromatic rings. The fourth-order valence-electron chi connectivity index (χ4n) is 4.60. The maximum absolute atomic E-state index is 13.4. The minimum atomic E-state index is -0.699. The van der Waals surface area contributed by atoms with E-state index in [0.717, 1.165) is 5.69 Å². The Hall–Kier alpha value is -4.21. The fourth-order valence-corrected chi connectivity index (χ4v) is 4.60. The average molecular weight is 475 g/mol. The van der Waals surface area contributed by atoms with Gasteiger partial charge in [-0.1, -0.05) is 18.2 Å². The van der Waals surface area contributed by atoms with Crippen LogP contribution in [0, 0.1) is 6.92 Å². The van der Waals surface area contributed by atoms with Gasteiger partial charge in [0.15, 0.2) is 5.82 Å². The first-order valence-electron chi connectivity index (χ1n) is 11.5. The number of benzene rings is 1. The molecule has 2 aliphatic heterocycles. The van der Waals surface area contributed by atoms with Crippen LogP contribution >= 0.6 is 0 Å². The molecule has 0 aliphatic carbocycles. The van der Waals surface area contributed by atoms with Gasteiger partial charge in [-0.2, -0.15) is 5.10 Å². The van der Waals surface area contributed by atoms with E-state index in [-0.39, 0.29) is 12.5 Å². The van der Waals surface area contributed by atoms with Crippen LogP contribution in [-0.2, 0) is 9.59 Å². The molecule has 2 amide bonds. The van der Waals surface area contributed by atoms with Crippen molar-refractivity contribution in [3.63, 3.8) is 0 Å². The van der Waals surface area contributed by atoms with Crippen molar-refractivity contribution < 1.29 is 19.1 Å². The molecule has 1 N–H and O–H groups in total. The van der Waals surface area contributed by atoms with Gasteiger partial charge in [-0.3, -0.25) is 14.4 Å². The predicted octanol–water partition coefficient (Wildman–Crippen LogP) is 1.65. The molecular formula is C25H26N6O4. The van der Waals surface area contributed by atoms with Crippen molar-refractivity contribution in [2.45, 2.75) is 12.8 Å². The van der Waals surface area contributed by atoms with Gasteiger partial charge < -0.3 is 19.9 Å².